The number of halogens is 1. The largest absolute Gasteiger partial charge is 0.336 e. The molecule has 0 aliphatic carbocycles. The van der Waals surface area contributed by atoms with Gasteiger partial charge in [0.1, 0.15) is 0 Å². The number of nitrogens with one attached hydrogen (secondary N) is 1. The number of hydrogen-bond acceptors (Lipinski definition) is 5. The van der Waals surface area contributed by atoms with Crippen LogP contribution in [0.15, 0.2) is 16.9 Å². The molecule has 0 bridgehead atoms. The van der Waals surface area contributed by atoms with E-state index in [0.29, 0.717) is 11.7 Å². The molecule has 0 atom stereocenters. The standard InChI is InChI=1S/C14H19BrN6O/c1-16-5-2-10-3-6-20(7-4-10)13(22)12-18-14-17-8-11(15)9-21(14)19-12/h8-10,16H,2-7H2,1H3. The Morgan fingerprint density at radius 2 is 2.23 bits per heavy atom. The molecule has 0 radical (unpaired) electrons. The number of piperidine rings is 1. The van der Waals surface area contributed by atoms with Gasteiger partial charge in [0, 0.05) is 25.5 Å². The van der Waals surface area contributed by atoms with Gasteiger partial charge < -0.3 is 10.2 Å². The van der Waals surface area contributed by atoms with Gasteiger partial charge in [0.2, 0.25) is 5.82 Å². The molecule has 1 N–H and O–H groups in total. The highest BCUT2D eigenvalue weighted by molar-refractivity contribution is 9.10. The summed E-state index contributed by atoms with van der Waals surface area (Å²) in [6.07, 6.45) is 6.65. The summed E-state index contributed by atoms with van der Waals surface area (Å²) < 4.78 is 2.33. The van der Waals surface area contributed by atoms with Crippen molar-refractivity contribution in [2.45, 2.75) is 19.3 Å². The molecule has 0 aromatic carbocycles. The first-order valence-electron chi connectivity index (χ1n) is 7.49. The Bertz CT molecular complexity index is 664. The van der Waals surface area contributed by atoms with E-state index in [1.165, 1.54) is 10.9 Å². The summed E-state index contributed by atoms with van der Waals surface area (Å²) in [6.45, 7) is 2.59. The molecule has 2 aromatic rings. The van der Waals surface area contributed by atoms with Gasteiger partial charge in [0.05, 0.1) is 4.47 Å². The zero-order valence-corrected chi connectivity index (χ0v) is 14.1. The van der Waals surface area contributed by atoms with Crippen molar-refractivity contribution in [3.63, 3.8) is 0 Å². The number of carbonyl (C=O) groups excluding carboxylic acids is 1. The molecule has 3 rings (SSSR count). The van der Waals surface area contributed by atoms with Gasteiger partial charge >= 0.3 is 0 Å². The zero-order chi connectivity index (χ0) is 15.5. The first-order chi connectivity index (χ1) is 10.7. The lowest BCUT2D eigenvalue weighted by atomic mass is 9.93. The van der Waals surface area contributed by atoms with E-state index in [4.69, 9.17) is 0 Å². The van der Waals surface area contributed by atoms with E-state index in [2.05, 4.69) is 36.3 Å². The van der Waals surface area contributed by atoms with Crippen molar-refractivity contribution in [2.75, 3.05) is 26.7 Å². The molecule has 0 unspecified atom stereocenters. The monoisotopic (exact) mass is 366 g/mol. The Morgan fingerprint density at radius 3 is 2.95 bits per heavy atom. The Morgan fingerprint density at radius 1 is 1.45 bits per heavy atom. The summed E-state index contributed by atoms with van der Waals surface area (Å²) in [5, 5.41) is 7.41. The van der Waals surface area contributed by atoms with Crippen molar-refractivity contribution >= 4 is 27.6 Å². The summed E-state index contributed by atoms with van der Waals surface area (Å²) in [5.41, 5.74) is 0. The smallest absolute Gasteiger partial charge is 0.293 e. The molecule has 1 saturated heterocycles. The van der Waals surface area contributed by atoms with Crippen LogP contribution < -0.4 is 5.32 Å². The van der Waals surface area contributed by atoms with Crippen LogP contribution in [0.2, 0.25) is 0 Å². The van der Waals surface area contributed by atoms with Gasteiger partial charge in [-0.15, -0.1) is 5.10 Å². The van der Waals surface area contributed by atoms with E-state index in [0.717, 1.165) is 36.9 Å². The molecule has 7 nitrogen and oxygen atoms in total. The number of aromatic nitrogens is 4. The zero-order valence-electron chi connectivity index (χ0n) is 12.5. The Labute approximate surface area is 137 Å². The van der Waals surface area contributed by atoms with Crippen molar-refractivity contribution in [1.82, 2.24) is 29.8 Å². The summed E-state index contributed by atoms with van der Waals surface area (Å²) in [6, 6.07) is 0. The number of hydrogen-bond donors (Lipinski definition) is 1. The highest BCUT2D eigenvalue weighted by atomic mass is 79.9. The quantitative estimate of drug-likeness (QED) is 0.883. The number of likely N-dealkylation sites (tertiary alicyclic amines) is 1. The van der Waals surface area contributed by atoms with Crippen LogP contribution in [0.4, 0.5) is 0 Å². The fraction of sp³-hybridized carbons (Fsp3) is 0.571. The van der Waals surface area contributed by atoms with Crippen LogP contribution in [-0.4, -0.2) is 57.1 Å². The molecule has 0 spiro atoms. The molecule has 2 aromatic heterocycles. The van der Waals surface area contributed by atoms with Gasteiger partial charge in [0.25, 0.3) is 11.7 Å². The number of amides is 1. The highest BCUT2D eigenvalue weighted by Gasteiger charge is 2.26. The van der Waals surface area contributed by atoms with Crippen LogP contribution in [0, 0.1) is 5.92 Å². The molecular formula is C14H19BrN6O. The maximum atomic E-state index is 12.5. The summed E-state index contributed by atoms with van der Waals surface area (Å²) in [7, 11) is 1.97. The minimum atomic E-state index is -0.103. The highest BCUT2D eigenvalue weighted by Crippen LogP contribution is 2.21. The minimum absolute atomic E-state index is 0.103. The number of carbonyl (C=O) groups is 1. The molecule has 1 aliphatic rings. The third kappa shape index (κ3) is 3.27. The van der Waals surface area contributed by atoms with E-state index < -0.39 is 0 Å². The van der Waals surface area contributed by atoms with E-state index in [9.17, 15) is 4.79 Å². The van der Waals surface area contributed by atoms with Crippen LogP contribution >= 0.6 is 15.9 Å². The van der Waals surface area contributed by atoms with Gasteiger partial charge in [-0.3, -0.25) is 4.79 Å². The molecule has 1 fully saturated rings. The SMILES string of the molecule is CNCCC1CCN(C(=O)c2nc3ncc(Br)cn3n2)CC1. The third-order valence-corrected chi connectivity index (χ3v) is 4.47. The molecule has 1 amide bonds. The third-order valence-electron chi connectivity index (χ3n) is 4.06. The van der Waals surface area contributed by atoms with E-state index in [1.807, 2.05) is 11.9 Å². The Balaban J connectivity index is 1.66. The second-order valence-electron chi connectivity index (χ2n) is 5.58. The second-order valence-corrected chi connectivity index (χ2v) is 6.50. The van der Waals surface area contributed by atoms with Gasteiger partial charge in [-0.25, -0.2) is 9.50 Å². The Hall–Kier alpha value is -1.54. The lowest BCUT2D eigenvalue weighted by Gasteiger charge is -2.31. The molecule has 3 heterocycles. The fourth-order valence-electron chi connectivity index (χ4n) is 2.76. The predicted molar refractivity (Wildman–Crippen MR) is 85.7 cm³/mol. The fourth-order valence-corrected chi connectivity index (χ4v) is 3.06. The summed E-state index contributed by atoms with van der Waals surface area (Å²) in [5.74, 6) is 1.26. The number of fused-ring (bicyclic) bond motifs is 1. The van der Waals surface area contributed by atoms with Gasteiger partial charge in [-0.1, -0.05) is 0 Å². The molecule has 1 aliphatic heterocycles. The van der Waals surface area contributed by atoms with Gasteiger partial charge in [-0.05, 0) is 54.7 Å². The average molecular weight is 367 g/mol. The molecule has 118 valence electrons. The van der Waals surface area contributed by atoms with Crippen LogP contribution in [0.1, 0.15) is 29.9 Å². The average Bonchev–Trinajstić information content (AvgIpc) is 2.95. The van der Waals surface area contributed by atoms with E-state index >= 15 is 0 Å². The number of rotatable bonds is 4. The van der Waals surface area contributed by atoms with Crippen LogP contribution in [0.5, 0.6) is 0 Å². The maximum Gasteiger partial charge on any atom is 0.293 e. The maximum absolute atomic E-state index is 12.5. The summed E-state index contributed by atoms with van der Waals surface area (Å²) >= 11 is 3.33. The van der Waals surface area contributed by atoms with Crippen LogP contribution in [-0.2, 0) is 0 Å². The molecule has 8 heteroatoms. The van der Waals surface area contributed by atoms with Crippen molar-refractivity contribution in [3.05, 3.63) is 22.7 Å². The lowest BCUT2D eigenvalue weighted by molar-refractivity contribution is 0.0675. The van der Waals surface area contributed by atoms with Gasteiger partial charge in [0.15, 0.2) is 0 Å². The molecule has 22 heavy (non-hydrogen) atoms. The first kappa shape index (κ1) is 15.4. The Kier molecular flexibility index (Phi) is 4.68. The number of nitrogens with zero attached hydrogens (tertiary/aromatic N) is 5. The van der Waals surface area contributed by atoms with E-state index in [-0.39, 0.29) is 11.7 Å². The van der Waals surface area contributed by atoms with E-state index in [1.54, 1.807) is 12.4 Å². The van der Waals surface area contributed by atoms with Gasteiger partial charge in [-0.2, -0.15) is 4.98 Å². The summed E-state index contributed by atoms with van der Waals surface area (Å²) in [4.78, 5) is 22.7. The first-order valence-corrected chi connectivity index (χ1v) is 8.28. The minimum Gasteiger partial charge on any atom is -0.336 e. The molecular weight excluding hydrogens is 348 g/mol. The van der Waals surface area contributed by atoms with Crippen LogP contribution in [0.3, 0.4) is 0 Å². The molecule has 0 saturated carbocycles. The van der Waals surface area contributed by atoms with Crippen molar-refractivity contribution in [3.8, 4) is 0 Å². The second kappa shape index (κ2) is 6.70. The van der Waals surface area contributed by atoms with Crippen molar-refractivity contribution in [2.24, 2.45) is 5.92 Å². The van der Waals surface area contributed by atoms with Crippen molar-refractivity contribution in [1.29, 1.82) is 0 Å². The van der Waals surface area contributed by atoms with Crippen LogP contribution in [0.25, 0.3) is 5.78 Å². The van der Waals surface area contributed by atoms with Crippen molar-refractivity contribution < 1.29 is 4.79 Å². The predicted octanol–water partition coefficient (Wildman–Crippen LogP) is 1.35. The lowest BCUT2D eigenvalue weighted by Crippen LogP contribution is -2.39. The normalized spacial score (nSPS) is 16.4. The topological polar surface area (TPSA) is 75.4 Å².